The number of amides is 1. The smallest absolute Gasteiger partial charge is 0.257 e. The van der Waals surface area contributed by atoms with E-state index in [1.165, 1.54) is 0 Å². The molecule has 9 heteroatoms. The number of ether oxygens (including phenoxy) is 2. The van der Waals surface area contributed by atoms with Crippen molar-refractivity contribution in [3.63, 3.8) is 0 Å². The van der Waals surface area contributed by atoms with Gasteiger partial charge in [0.25, 0.3) is 5.91 Å². The minimum atomic E-state index is -0.174. The van der Waals surface area contributed by atoms with E-state index in [4.69, 9.17) is 9.47 Å². The molecule has 1 saturated carbocycles. The molecule has 0 spiro atoms. The van der Waals surface area contributed by atoms with Gasteiger partial charge in [-0.15, -0.1) is 12.4 Å². The normalized spacial score (nSPS) is 17.5. The van der Waals surface area contributed by atoms with Crippen LogP contribution in [0.3, 0.4) is 0 Å². The van der Waals surface area contributed by atoms with Crippen LogP contribution < -0.4 is 20.1 Å². The van der Waals surface area contributed by atoms with Gasteiger partial charge in [0, 0.05) is 30.5 Å². The number of nitrogens with one attached hydrogen (secondary N) is 2. The Morgan fingerprint density at radius 3 is 2.44 bits per heavy atom. The van der Waals surface area contributed by atoms with Crippen molar-refractivity contribution < 1.29 is 14.3 Å². The first-order valence-corrected chi connectivity index (χ1v) is 10.3. The lowest BCUT2D eigenvalue weighted by Gasteiger charge is -2.29. The molecule has 4 rings (SSSR count). The fourth-order valence-electron chi connectivity index (χ4n) is 3.60. The first-order valence-electron chi connectivity index (χ1n) is 10.3. The number of rotatable bonds is 7. The van der Waals surface area contributed by atoms with Gasteiger partial charge in [0.05, 0.1) is 7.11 Å². The third-order valence-electron chi connectivity index (χ3n) is 5.21. The van der Waals surface area contributed by atoms with Crippen LogP contribution in [0.1, 0.15) is 36.0 Å². The van der Waals surface area contributed by atoms with Gasteiger partial charge in [-0.1, -0.05) is 18.2 Å². The van der Waals surface area contributed by atoms with Crippen LogP contribution in [0.25, 0.3) is 0 Å². The van der Waals surface area contributed by atoms with Gasteiger partial charge < -0.3 is 20.1 Å². The number of carbonyl (C=O) groups excluding carboxylic acids is 1. The second-order valence-corrected chi connectivity index (χ2v) is 7.36. The van der Waals surface area contributed by atoms with E-state index in [0.717, 1.165) is 25.7 Å². The Morgan fingerprint density at radius 2 is 1.69 bits per heavy atom. The Kier molecular flexibility index (Phi) is 8.21. The van der Waals surface area contributed by atoms with E-state index in [-0.39, 0.29) is 30.4 Å². The average molecular weight is 456 g/mol. The topological polar surface area (TPSA) is 98.3 Å². The molecule has 8 nitrogen and oxygen atoms in total. The Bertz CT molecular complexity index is 1010. The van der Waals surface area contributed by atoms with Crippen molar-refractivity contribution in [2.24, 2.45) is 0 Å². The quantitative estimate of drug-likeness (QED) is 0.549. The van der Waals surface area contributed by atoms with Crippen LogP contribution in [0.2, 0.25) is 0 Å². The summed E-state index contributed by atoms with van der Waals surface area (Å²) in [5.41, 5.74) is 0.427. The molecule has 0 saturated heterocycles. The van der Waals surface area contributed by atoms with Gasteiger partial charge in [-0.25, -0.2) is 9.97 Å². The van der Waals surface area contributed by atoms with Gasteiger partial charge in [0.15, 0.2) is 0 Å². The minimum absolute atomic E-state index is 0. The third-order valence-corrected chi connectivity index (χ3v) is 5.21. The first kappa shape index (κ1) is 23.3. The molecule has 0 atom stereocenters. The highest BCUT2D eigenvalue weighted by molar-refractivity contribution is 5.96. The van der Waals surface area contributed by atoms with E-state index in [1.807, 2.05) is 30.3 Å². The van der Waals surface area contributed by atoms with Gasteiger partial charge in [-0.3, -0.25) is 4.79 Å². The average Bonchev–Trinajstić information content (AvgIpc) is 2.81. The zero-order valence-electron chi connectivity index (χ0n) is 17.7. The fourth-order valence-corrected chi connectivity index (χ4v) is 3.60. The molecule has 0 aliphatic heterocycles. The molecule has 2 heterocycles. The Morgan fingerprint density at radius 1 is 0.938 bits per heavy atom. The number of pyridine rings is 1. The highest BCUT2D eigenvalue weighted by Crippen LogP contribution is 2.25. The molecule has 0 radical (unpaired) electrons. The van der Waals surface area contributed by atoms with E-state index in [9.17, 15) is 4.79 Å². The lowest BCUT2D eigenvalue weighted by atomic mass is 9.91. The van der Waals surface area contributed by atoms with Crippen LogP contribution in [-0.2, 0) is 0 Å². The van der Waals surface area contributed by atoms with Gasteiger partial charge in [-0.05, 0) is 49.9 Å². The molecular formula is C23H26ClN5O3. The summed E-state index contributed by atoms with van der Waals surface area (Å²) in [7, 11) is 1.58. The van der Waals surface area contributed by atoms with Crippen LogP contribution >= 0.6 is 12.4 Å². The molecule has 1 fully saturated rings. The van der Waals surface area contributed by atoms with Crippen molar-refractivity contribution in [1.29, 1.82) is 0 Å². The molecular weight excluding hydrogens is 430 g/mol. The van der Waals surface area contributed by atoms with Gasteiger partial charge in [0.1, 0.15) is 11.3 Å². The molecule has 1 aliphatic rings. The largest absolute Gasteiger partial charge is 0.481 e. The molecule has 32 heavy (non-hydrogen) atoms. The second-order valence-electron chi connectivity index (χ2n) is 7.36. The summed E-state index contributed by atoms with van der Waals surface area (Å²) < 4.78 is 11.0. The molecule has 0 bridgehead atoms. The lowest BCUT2D eigenvalue weighted by molar-refractivity contribution is 0.0923. The zero-order valence-corrected chi connectivity index (χ0v) is 18.5. The number of aromatic nitrogens is 3. The van der Waals surface area contributed by atoms with E-state index < -0.39 is 0 Å². The third kappa shape index (κ3) is 6.07. The Balaban J connectivity index is 0.00000289. The van der Waals surface area contributed by atoms with Crippen LogP contribution in [-0.4, -0.2) is 40.1 Å². The second kappa shape index (κ2) is 11.3. The number of para-hydroxylation sites is 1. The standard InChI is InChI=1S/C23H25N5O3.ClH/c1-30-20-13-15-25-23(28-20)27-17-11-9-16(10-12-17)26-21(29)19-8-5-14-24-22(19)31-18-6-3-2-4-7-18;/h2-8,13-17H,9-12H2,1H3,(H,26,29)(H,25,27,28);1H/t16-,17+;. The molecule has 1 aromatic carbocycles. The maximum absolute atomic E-state index is 12.9. The summed E-state index contributed by atoms with van der Waals surface area (Å²) in [4.78, 5) is 25.7. The lowest BCUT2D eigenvalue weighted by Crippen LogP contribution is -2.40. The number of hydrogen-bond donors (Lipinski definition) is 2. The molecule has 2 N–H and O–H groups in total. The Labute approximate surface area is 193 Å². The number of hydrogen-bond acceptors (Lipinski definition) is 7. The van der Waals surface area contributed by atoms with Crippen molar-refractivity contribution in [2.75, 3.05) is 12.4 Å². The van der Waals surface area contributed by atoms with E-state index in [0.29, 0.717) is 29.0 Å². The summed E-state index contributed by atoms with van der Waals surface area (Å²) in [5, 5.41) is 6.48. The molecule has 1 aliphatic carbocycles. The van der Waals surface area contributed by atoms with Gasteiger partial charge in [-0.2, -0.15) is 4.98 Å². The van der Waals surface area contributed by atoms with E-state index in [2.05, 4.69) is 25.6 Å². The van der Waals surface area contributed by atoms with Crippen LogP contribution in [0.15, 0.2) is 60.9 Å². The number of methoxy groups -OCH3 is 1. The zero-order chi connectivity index (χ0) is 21.5. The monoisotopic (exact) mass is 455 g/mol. The number of carbonyl (C=O) groups is 1. The number of benzene rings is 1. The molecule has 2 aromatic heterocycles. The summed E-state index contributed by atoms with van der Waals surface area (Å²) in [5.74, 6) is 1.86. The highest BCUT2D eigenvalue weighted by Gasteiger charge is 2.24. The first-order chi connectivity index (χ1) is 15.2. The van der Waals surface area contributed by atoms with Crippen molar-refractivity contribution in [1.82, 2.24) is 20.3 Å². The molecule has 1 amide bonds. The maximum atomic E-state index is 12.9. The highest BCUT2D eigenvalue weighted by atomic mass is 35.5. The number of nitrogens with zero attached hydrogens (tertiary/aromatic N) is 3. The predicted molar refractivity (Wildman–Crippen MR) is 124 cm³/mol. The number of anilines is 1. The molecule has 0 unspecified atom stereocenters. The van der Waals surface area contributed by atoms with E-state index >= 15 is 0 Å². The minimum Gasteiger partial charge on any atom is -0.481 e. The maximum Gasteiger partial charge on any atom is 0.257 e. The summed E-state index contributed by atoms with van der Waals surface area (Å²) in [6.45, 7) is 0. The van der Waals surface area contributed by atoms with Crippen LogP contribution in [0.5, 0.6) is 17.5 Å². The van der Waals surface area contributed by atoms with Crippen LogP contribution in [0.4, 0.5) is 5.95 Å². The summed E-state index contributed by atoms with van der Waals surface area (Å²) >= 11 is 0. The van der Waals surface area contributed by atoms with Crippen molar-refractivity contribution >= 4 is 24.3 Å². The van der Waals surface area contributed by atoms with Gasteiger partial charge in [0.2, 0.25) is 17.7 Å². The SMILES string of the molecule is COc1ccnc(N[C@H]2CC[C@@H](NC(=O)c3cccnc3Oc3ccccc3)CC2)n1.Cl. The fraction of sp³-hybridized carbons (Fsp3) is 0.304. The van der Waals surface area contributed by atoms with Crippen molar-refractivity contribution in [3.8, 4) is 17.5 Å². The Hall–Kier alpha value is -3.39. The summed E-state index contributed by atoms with van der Waals surface area (Å²) in [6.07, 6.45) is 6.83. The van der Waals surface area contributed by atoms with Crippen LogP contribution in [0, 0.1) is 0 Å². The summed E-state index contributed by atoms with van der Waals surface area (Å²) in [6, 6.07) is 14.9. The molecule has 168 valence electrons. The van der Waals surface area contributed by atoms with E-state index in [1.54, 1.807) is 37.7 Å². The predicted octanol–water partition coefficient (Wildman–Crippen LogP) is 4.25. The molecule has 3 aromatic rings. The van der Waals surface area contributed by atoms with Crippen molar-refractivity contribution in [3.05, 3.63) is 66.5 Å². The number of halogens is 1. The van der Waals surface area contributed by atoms with Gasteiger partial charge >= 0.3 is 0 Å². The van der Waals surface area contributed by atoms with Crippen molar-refractivity contribution in [2.45, 2.75) is 37.8 Å².